The second-order valence-electron chi connectivity index (χ2n) is 4.45. The van der Waals surface area contributed by atoms with Crippen LogP contribution in [-0.2, 0) is 4.74 Å². The van der Waals surface area contributed by atoms with Crippen LogP contribution in [0.4, 0.5) is 0 Å². The number of rotatable bonds is 8. The summed E-state index contributed by atoms with van der Waals surface area (Å²) >= 11 is 0. The van der Waals surface area contributed by atoms with Gasteiger partial charge in [0.25, 0.3) is 0 Å². The first-order chi connectivity index (χ1) is 7.43. The van der Waals surface area contributed by atoms with E-state index in [0.29, 0.717) is 6.10 Å². The fourth-order valence-electron chi connectivity index (χ4n) is 2.16. The normalized spacial score (nSPS) is 20.3. The van der Waals surface area contributed by atoms with Crippen LogP contribution in [0.25, 0.3) is 0 Å². The zero-order valence-corrected chi connectivity index (χ0v) is 9.71. The summed E-state index contributed by atoms with van der Waals surface area (Å²) in [5.41, 5.74) is 0. The summed E-state index contributed by atoms with van der Waals surface area (Å²) in [6, 6.07) is 2.19. The molecule has 1 saturated heterocycles. The lowest BCUT2D eigenvalue weighted by Gasteiger charge is -2.08. The van der Waals surface area contributed by atoms with Crippen LogP contribution in [-0.4, -0.2) is 12.7 Å². The van der Waals surface area contributed by atoms with Gasteiger partial charge < -0.3 is 4.74 Å². The summed E-state index contributed by atoms with van der Waals surface area (Å²) in [6.45, 7) is 0.985. The van der Waals surface area contributed by atoms with Crippen molar-refractivity contribution in [3.63, 3.8) is 0 Å². The fraction of sp³-hybridized carbons (Fsp3) is 0.923. The molecule has 0 saturated carbocycles. The monoisotopic (exact) mass is 209 g/mol. The summed E-state index contributed by atoms with van der Waals surface area (Å²) in [5.74, 6) is 0. The predicted molar refractivity (Wildman–Crippen MR) is 61.5 cm³/mol. The van der Waals surface area contributed by atoms with Gasteiger partial charge in [0, 0.05) is 13.0 Å². The zero-order valence-electron chi connectivity index (χ0n) is 9.71. The zero-order chi connectivity index (χ0) is 10.8. The van der Waals surface area contributed by atoms with Gasteiger partial charge in [-0.1, -0.05) is 32.1 Å². The molecule has 0 amide bonds. The van der Waals surface area contributed by atoms with Crippen molar-refractivity contribution in [2.75, 3.05) is 6.61 Å². The number of nitriles is 1. The van der Waals surface area contributed by atoms with Crippen molar-refractivity contribution in [3.8, 4) is 6.07 Å². The van der Waals surface area contributed by atoms with Crippen molar-refractivity contribution in [2.45, 2.75) is 70.3 Å². The van der Waals surface area contributed by atoms with E-state index in [0.717, 1.165) is 19.4 Å². The molecule has 0 aliphatic carbocycles. The van der Waals surface area contributed by atoms with Crippen LogP contribution in [0.5, 0.6) is 0 Å². The van der Waals surface area contributed by atoms with E-state index < -0.39 is 0 Å². The molecule has 0 N–H and O–H groups in total. The first kappa shape index (κ1) is 12.5. The van der Waals surface area contributed by atoms with Crippen LogP contribution < -0.4 is 0 Å². The number of unbranched alkanes of at least 4 members (excludes halogenated alkanes) is 6. The van der Waals surface area contributed by atoms with E-state index in [1.54, 1.807) is 0 Å². The Morgan fingerprint density at radius 1 is 1.07 bits per heavy atom. The summed E-state index contributed by atoms with van der Waals surface area (Å²) in [4.78, 5) is 0. The van der Waals surface area contributed by atoms with Crippen molar-refractivity contribution in [1.29, 1.82) is 5.26 Å². The molecule has 0 bridgehead atoms. The number of hydrogen-bond donors (Lipinski definition) is 0. The standard InChI is InChI=1S/C13H23NO/c14-11-7-5-3-1-2-4-6-9-13-10-8-12-15-13/h13H,1-10,12H2. The molecule has 1 unspecified atom stereocenters. The molecular formula is C13H23NO. The molecule has 1 fully saturated rings. The molecule has 2 heteroatoms. The van der Waals surface area contributed by atoms with Crippen molar-refractivity contribution in [1.82, 2.24) is 0 Å². The first-order valence-electron chi connectivity index (χ1n) is 6.42. The third kappa shape index (κ3) is 6.52. The van der Waals surface area contributed by atoms with Gasteiger partial charge in [-0.2, -0.15) is 5.26 Å². The molecule has 0 radical (unpaired) electrons. The van der Waals surface area contributed by atoms with Crippen LogP contribution in [0.15, 0.2) is 0 Å². The van der Waals surface area contributed by atoms with Crippen LogP contribution in [0.3, 0.4) is 0 Å². The third-order valence-corrected chi connectivity index (χ3v) is 3.09. The highest BCUT2D eigenvalue weighted by Gasteiger charge is 2.13. The second kappa shape index (κ2) is 8.73. The molecule has 0 aromatic heterocycles. The SMILES string of the molecule is N#CCCCCCCCCC1CCCO1. The molecule has 1 atom stereocenters. The van der Waals surface area contributed by atoms with Crippen molar-refractivity contribution >= 4 is 0 Å². The molecule has 0 aromatic carbocycles. The highest BCUT2D eigenvalue weighted by Crippen LogP contribution is 2.18. The Kier molecular flexibility index (Phi) is 7.29. The van der Waals surface area contributed by atoms with E-state index in [4.69, 9.17) is 10.00 Å². The average molecular weight is 209 g/mol. The minimum absolute atomic E-state index is 0.573. The van der Waals surface area contributed by atoms with Gasteiger partial charge in [0.2, 0.25) is 0 Å². The van der Waals surface area contributed by atoms with E-state index in [9.17, 15) is 0 Å². The van der Waals surface area contributed by atoms with Crippen LogP contribution in [0.1, 0.15) is 64.2 Å². The maximum absolute atomic E-state index is 8.36. The van der Waals surface area contributed by atoms with Gasteiger partial charge in [0.05, 0.1) is 12.2 Å². The molecule has 1 rings (SSSR count). The smallest absolute Gasteiger partial charge is 0.0621 e. The van der Waals surface area contributed by atoms with E-state index >= 15 is 0 Å². The van der Waals surface area contributed by atoms with Crippen molar-refractivity contribution in [3.05, 3.63) is 0 Å². The molecule has 0 spiro atoms. The van der Waals surface area contributed by atoms with Gasteiger partial charge in [0.1, 0.15) is 0 Å². The van der Waals surface area contributed by atoms with E-state index in [2.05, 4.69) is 6.07 Å². The van der Waals surface area contributed by atoms with Gasteiger partial charge in [-0.05, 0) is 25.7 Å². The summed E-state index contributed by atoms with van der Waals surface area (Å²) in [5, 5.41) is 8.36. The molecule has 1 heterocycles. The lowest BCUT2D eigenvalue weighted by molar-refractivity contribution is 0.102. The number of hydrogen-bond acceptors (Lipinski definition) is 2. The van der Waals surface area contributed by atoms with Gasteiger partial charge in [-0.25, -0.2) is 0 Å². The molecule has 86 valence electrons. The maximum atomic E-state index is 8.36. The Morgan fingerprint density at radius 3 is 2.47 bits per heavy atom. The summed E-state index contributed by atoms with van der Waals surface area (Å²) in [6.07, 6.45) is 12.7. The molecule has 0 aromatic rings. The van der Waals surface area contributed by atoms with Crippen LogP contribution >= 0.6 is 0 Å². The molecule has 1 aliphatic rings. The summed E-state index contributed by atoms with van der Waals surface area (Å²) in [7, 11) is 0. The Morgan fingerprint density at radius 2 is 1.80 bits per heavy atom. The average Bonchev–Trinajstić information content (AvgIpc) is 2.75. The Balaban J connectivity index is 1.75. The molecular weight excluding hydrogens is 186 g/mol. The van der Waals surface area contributed by atoms with Crippen LogP contribution in [0, 0.1) is 11.3 Å². The first-order valence-corrected chi connectivity index (χ1v) is 6.42. The topological polar surface area (TPSA) is 33.0 Å². The maximum Gasteiger partial charge on any atom is 0.0621 e. The second-order valence-corrected chi connectivity index (χ2v) is 4.45. The Hall–Kier alpha value is -0.550. The lowest BCUT2D eigenvalue weighted by Crippen LogP contribution is -2.03. The van der Waals surface area contributed by atoms with E-state index in [1.807, 2.05) is 0 Å². The van der Waals surface area contributed by atoms with Gasteiger partial charge in [-0.3, -0.25) is 0 Å². The summed E-state index contributed by atoms with van der Waals surface area (Å²) < 4.78 is 5.58. The molecule has 2 nitrogen and oxygen atoms in total. The fourth-order valence-corrected chi connectivity index (χ4v) is 2.16. The number of nitrogens with zero attached hydrogens (tertiary/aromatic N) is 1. The third-order valence-electron chi connectivity index (χ3n) is 3.09. The highest BCUT2D eigenvalue weighted by atomic mass is 16.5. The largest absolute Gasteiger partial charge is 0.378 e. The Bertz CT molecular complexity index is 179. The van der Waals surface area contributed by atoms with E-state index in [1.165, 1.54) is 51.4 Å². The Labute approximate surface area is 93.6 Å². The quantitative estimate of drug-likeness (QED) is 0.569. The minimum Gasteiger partial charge on any atom is -0.378 e. The van der Waals surface area contributed by atoms with Crippen LogP contribution in [0.2, 0.25) is 0 Å². The predicted octanol–water partition coefficient (Wildman–Crippen LogP) is 3.81. The molecule has 15 heavy (non-hydrogen) atoms. The van der Waals surface area contributed by atoms with E-state index in [-0.39, 0.29) is 0 Å². The highest BCUT2D eigenvalue weighted by molar-refractivity contribution is 4.68. The van der Waals surface area contributed by atoms with Gasteiger partial charge in [-0.15, -0.1) is 0 Å². The molecule has 1 aliphatic heterocycles. The van der Waals surface area contributed by atoms with Crippen molar-refractivity contribution in [2.24, 2.45) is 0 Å². The lowest BCUT2D eigenvalue weighted by atomic mass is 10.1. The van der Waals surface area contributed by atoms with Gasteiger partial charge >= 0.3 is 0 Å². The van der Waals surface area contributed by atoms with Crippen molar-refractivity contribution < 1.29 is 4.74 Å². The number of ether oxygens (including phenoxy) is 1. The minimum atomic E-state index is 0.573. The van der Waals surface area contributed by atoms with Gasteiger partial charge in [0.15, 0.2) is 0 Å².